The molecule has 1 atom stereocenters. The van der Waals surface area contributed by atoms with E-state index in [0.29, 0.717) is 43.6 Å². The summed E-state index contributed by atoms with van der Waals surface area (Å²) in [6, 6.07) is 5.41. The van der Waals surface area contributed by atoms with E-state index in [1.165, 1.54) is 0 Å². The molecule has 2 aliphatic rings. The number of rotatable bonds is 5. The van der Waals surface area contributed by atoms with Crippen LogP contribution in [0.1, 0.15) is 47.6 Å². The third kappa shape index (κ3) is 3.11. The van der Waals surface area contributed by atoms with E-state index < -0.39 is 6.10 Å². The highest BCUT2D eigenvalue weighted by Crippen LogP contribution is 2.40. The minimum absolute atomic E-state index is 0.0895. The topological polar surface area (TPSA) is 80.5 Å². The lowest BCUT2D eigenvalue weighted by Crippen LogP contribution is -2.38. The monoisotopic (exact) mass is 342 g/mol. The van der Waals surface area contributed by atoms with E-state index in [4.69, 9.17) is 4.74 Å². The number of hydrogen-bond acceptors (Lipinski definition) is 5. The summed E-state index contributed by atoms with van der Waals surface area (Å²) in [7, 11) is 0. The summed E-state index contributed by atoms with van der Waals surface area (Å²) in [5, 5.41) is 14.8. The first-order valence-electron chi connectivity index (χ1n) is 8.79. The summed E-state index contributed by atoms with van der Waals surface area (Å²) in [5.41, 5.74) is 2.16. The van der Waals surface area contributed by atoms with E-state index in [1.54, 1.807) is 23.2 Å². The molecule has 4 rings (SSSR count). The third-order valence-electron chi connectivity index (χ3n) is 4.76. The minimum atomic E-state index is -0.481. The van der Waals surface area contributed by atoms with E-state index in [1.807, 2.05) is 17.7 Å². The van der Waals surface area contributed by atoms with Crippen LogP contribution in [-0.4, -0.2) is 43.8 Å². The molecule has 1 aliphatic carbocycles. The molecule has 1 fully saturated rings. The molecule has 2 aromatic heterocycles. The number of aliphatic hydroxyl groups excluding tert-OH is 1. The largest absolute Gasteiger partial charge is 0.477 e. The lowest BCUT2D eigenvalue weighted by atomic mass is 10.1. The molecule has 0 spiro atoms. The SMILES string of the molecule is CCOc1ncccc1C(=O)N1CCn2nc([C@H](O)C3CC3)cc2C1. The maximum absolute atomic E-state index is 12.9. The Bertz CT molecular complexity index is 784. The fourth-order valence-corrected chi connectivity index (χ4v) is 3.24. The molecule has 3 heterocycles. The second-order valence-corrected chi connectivity index (χ2v) is 6.58. The van der Waals surface area contributed by atoms with Crippen molar-refractivity contribution < 1.29 is 14.6 Å². The van der Waals surface area contributed by atoms with Crippen LogP contribution in [0.5, 0.6) is 5.88 Å². The highest BCUT2D eigenvalue weighted by molar-refractivity contribution is 5.96. The molecule has 0 aromatic carbocycles. The molecule has 1 N–H and O–H groups in total. The van der Waals surface area contributed by atoms with Crippen molar-refractivity contribution in [3.63, 3.8) is 0 Å². The van der Waals surface area contributed by atoms with Crippen LogP contribution < -0.4 is 4.74 Å². The number of carbonyl (C=O) groups is 1. The zero-order valence-electron chi connectivity index (χ0n) is 14.3. The van der Waals surface area contributed by atoms with E-state index in [9.17, 15) is 9.90 Å². The van der Waals surface area contributed by atoms with Crippen LogP contribution in [-0.2, 0) is 13.1 Å². The van der Waals surface area contributed by atoms with Gasteiger partial charge >= 0.3 is 0 Å². The molecular weight excluding hydrogens is 320 g/mol. The van der Waals surface area contributed by atoms with Crippen molar-refractivity contribution in [1.82, 2.24) is 19.7 Å². The van der Waals surface area contributed by atoms with Gasteiger partial charge in [0.15, 0.2) is 0 Å². The molecule has 1 amide bonds. The van der Waals surface area contributed by atoms with Crippen LogP contribution in [0.4, 0.5) is 0 Å². The predicted octanol–water partition coefficient (Wildman–Crippen LogP) is 1.78. The number of carbonyl (C=O) groups excluding carboxylic acids is 1. The summed E-state index contributed by atoms with van der Waals surface area (Å²) < 4.78 is 7.38. The molecule has 0 unspecified atom stereocenters. The first-order valence-corrected chi connectivity index (χ1v) is 8.79. The van der Waals surface area contributed by atoms with Crippen LogP contribution in [0.15, 0.2) is 24.4 Å². The number of pyridine rings is 1. The number of hydrogen-bond donors (Lipinski definition) is 1. The highest BCUT2D eigenvalue weighted by Gasteiger charge is 2.34. The van der Waals surface area contributed by atoms with E-state index in [2.05, 4.69) is 10.1 Å². The summed E-state index contributed by atoms with van der Waals surface area (Å²) in [6.45, 7) is 4.01. The molecular formula is C18H22N4O3. The van der Waals surface area contributed by atoms with Crippen molar-refractivity contribution in [2.45, 2.75) is 39.0 Å². The summed E-state index contributed by atoms with van der Waals surface area (Å²) in [6.07, 6.45) is 3.27. The van der Waals surface area contributed by atoms with E-state index in [0.717, 1.165) is 24.2 Å². The Balaban J connectivity index is 1.53. The zero-order valence-corrected chi connectivity index (χ0v) is 14.3. The Morgan fingerprint density at radius 3 is 3.04 bits per heavy atom. The first kappa shape index (κ1) is 16.1. The van der Waals surface area contributed by atoms with Crippen LogP contribution >= 0.6 is 0 Å². The number of aromatic nitrogens is 3. The molecule has 7 nitrogen and oxygen atoms in total. The molecule has 0 bridgehead atoms. The molecule has 132 valence electrons. The maximum Gasteiger partial charge on any atom is 0.259 e. The van der Waals surface area contributed by atoms with Gasteiger partial charge in [0, 0.05) is 12.7 Å². The lowest BCUT2D eigenvalue weighted by molar-refractivity contribution is 0.0700. The normalized spacial score (nSPS) is 17.9. The molecule has 1 saturated carbocycles. The smallest absolute Gasteiger partial charge is 0.259 e. The Labute approximate surface area is 146 Å². The van der Waals surface area contributed by atoms with Crippen LogP contribution in [0.25, 0.3) is 0 Å². The highest BCUT2D eigenvalue weighted by atomic mass is 16.5. The number of ether oxygens (including phenoxy) is 1. The van der Waals surface area contributed by atoms with Gasteiger partial charge in [-0.25, -0.2) is 4.98 Å². The van der Waals surface area contributed by atoms with Gasteiger partial charge in [0.25, 0.3) is 5.91 Å². The lowest BCUT2D eigenvalue weighted by Gasteiger charge is -2.28. The van der Waals surface area contributed by atoms with E-state index >= 15 is 0 Å². The Morgan fingerprint density at radius 2 is 2.28 bits per heavy atom. The van der Waals surface area contributed by atoms with Gasteiger partial charge in [-0.3, -0.25) is 9.48 Å². The zero-order chi connectivity index (χ0) is 17.4. The van der Waals surface area contributed by atoms with Crippen molar-refractivity contribution in [2.75, 3.05) is 13.2 Å². The van der Waals surface area contributed by atoms with Crippen molar-refractivity contribution in [3.05, 3.63) is 41.3 Å². The van der Waals surface area contributed by atoms with Crippen LogP contribution in [0.2, 0.25) is 0 Å². The van der Waals surface area contributed by atoms with E-state index in [-0.39, 0.29) is 5.91 Å². The summed E-state index contributed by atoms with van der Waals surface area (Å²) >= 11 is 0. The summed E-state index contributed by atoms with van der Waals surface area (Å²) in [5.74, 6) is 0.631. The molecule has 0 saturated heterocycles. The van der Waals surface area contributed by atoms with Gasteiger partial charge in [0.05, 0.1) is 31.1 Å². The fourth-order valence-electron chi connectivity index (χ4n) is 3.24. The second-order valence-electron chi connectivity index (χ2n) is 6.58. The van der Waals surface area contributed by atoms with Gasteiger partial charge < -0.3 is 14.7 Å². The number of fused-ring (bicyclic) bond motifs is 1. The van der Waals surface area contributed by atoms with Crippen LogP contribution in [0.3, 0.4) is 0 Å². The average molecular weight is 342 g/mol. The Hall–Kier alpha value is -2.41. The summed E-state index contributed by atoms with van der Waals surface area (Å²) in [4.78, 5) is 18.8. The van der Waals surface area contributed by atoms with Gasteiger partial charge in [-0.1, -0.05) is 0 Å². The van der Waals surface area contributed by atoms with Gasteiger partial charge in [-0.2, -0.15) is 5.10 Å². The number of nitrogens with zero attached hydrogens (tertiary/aromatic N) is 4. The van der Waals surface area contributed by atoms with Gasteiger partial charge in [0.1, 0.15) is 11.7 Å². The Kier molecular flexibility index (Phi) is 4.17. The maximum atomic E-state index is 12.9. The number of aliphatic hydroxyl groups is 1. The molecule has 0 radical (unpaired) electrons. The third-order valence-corrected chi connectivity index (χ3v) is 4.76. The van der Waals surface area contributed by atoms with Gasteiger partial charge in [0.2, 0.25) is 5.88 Å². The van der Waals surface area contributed by atoms with Gasteiger partial charge in [-0.15, -0.1) is 0 Å². The predicted molar refractivity (Wildman–Crippen MR) is 90.1 cm³/mol. The Morgan fingerprint density at radius 1 is 1.44 bits per heavy atom. The van der Waals surface area contributed by atoms with Crippen molar-refractivity contribution in [1.29, 1.82) is 0 Å². The quantitative estimate of drug-likeness (QED) is 0.896. The average Bonchev–Trinajstić information content (AvgIpc) is 3.39. The van der Waals surface area contributed by atoms with Crippen molar-refractivity contribution in [2.24, 2.45) is 5.92 Å². The number of amides is 1. The fraction of sp³-hybridized carbons (Fsp3) is 0.500. The van der Waals surface area contributed by atoms with Gasteiger partial charge in [-0.05, 0) is 43.9 Å². The molecule has 25 heavy (non-hydrogen) atoms. The standard InChI is InChI=1S/C18H22N4O3/c1-2-25-17-14(4-3-7-19-17)18(24)21-8-9-22-13(11-21)10-15(20-22)16(23)12-5-6-12/h3-4,7,10,12,16,23H,2,5-6,8-9,11H2,1H3/t16-/m1/s1. The second kappa shape index (κ2) is 6.48. The molecule has 2 aromatic rings. The molecule has 7 heteroatoms. The molecule has 1 aliphatic heterocycles. The van der Waals surface area contributed by atoms with Crippen LogP contribution in [0, 0.1) is 5.92 Å². The van der Waals surface area contributed by atoms with Crippen molar-refractivity contribution in [3.8, 4) is 5.88 Å². The first-order chi connectivity index (χ1) is 12.2. The van der Waals surface area contributed by atoms with Crippen molar-refractivity contribution >= 4 is 5.91 Å². The minimum Gasteiger partial charge on any atom is -0.477 e.